The number of nitrogens with zero attached hydrogens (tertiary/aromatic N) is 4. The number of carbonyl (C=O) groups is 1. The van der Waals surface area contributed by atoms with Gasteiger partial charge in [0, 0.05) is 63.9 Å². The van der Waals surface area contributed by atoms with E-state index in [0.29, 0.717) is 12.3 Å². The quantitative estimate of drug-likeness (QED) is 0.779. The second kappa shape index (κ2) is 8.06. The minimum Gasteiger partial charge on any atom is -0.487 e. The highest BCUT2D eigenvalue weighted by Gasteiger charge is 2.44. The van der Waals surface area contributed by atoms with Crippen molar-refractivity contribution in [3.8, 4) is 5.75 Å². The number of hydrogen-bond acceptors (Lipinski definition) is 4. The Bertz CT molecular complexity index is 894. The molecular formula is C24H32N4O2. The first-order valence-electron chi connectivity index (χ1n) is 11.4. The molecule has 4 heterocycles. The Labute approximate surface area is 178 Å². The summed E-state index contributed by atoms with van der Waals surface area (Å²) in [5.41, 5.74) is 2.33. The van der Waals surface area contributed by atoms with Gasteiger partial charge in [-0.1, -0.05) is 18.2 Å². The van der Waals surface area contributed by atoms with Crippen LogP contribution in [0.5, 0.6) is 5.75 Å². The highest BCUT2D eigenvalue weighted by atomic mass is 16.5. The highest BCUT2D eigenvalue weighted by Crippen LogP contribution is 2.46. The standard InChI is InChI=1S/C24H32N4O2/c1-26-17-19(16-25-26)18-27-12-8-24(9-13-27)15-20(14-23(29)28-10-4-5-11-28)21-6-2-3-7-22(21)30-24/h2-3,6-7,16-17,20H,4-5,8-15,18H2,1H3/t20-/m0/s1. The maximum atomic E-state index is 12.9. The monoisotopic (exact) mass is 408 g/mol. The van der Waals surface area contributed by atoms with Crippen molar-refractivity contribution < 1.29 is 9.53 Å². The summed E-state index contributed by atoms with van der Waals surface area (Å²) in [6.07, 6.45) is 9.92. The van der Waals surface area contributed by atoms with E-state index >= 15 is 0 Å². The Hall–Kier alpha value is -2.34. The van der Waals surface area contributed by atoms with E-state index in [2.05, 4.69) is 45.4 Å². The average molecular weight is 409 g/mol. The summed E-state index contributed by atoms with van der Waals surface area (Å²) in [6, 6.07) is 8.37. The molecule has 6 heteroatoms. The number of carbonyl (C=O) groups excluding carboxylic acids is 1. The third-order valence-electron chi connectivity index (χ3n) is 7.12. The van der Waals surface area contributed by atoms with Crippen LogP contribution in [0.4, 0.5) is 0 Å². The summed E-state index contributed by atoms with van der Waals surface area (Å²) < 4.78 is 8.50. The van der Waals surface area contributed by atoms with E-state index < -0.39 is 0 Å². The molecule has 2 aromatic rings. The van der Waals surface area contributed by atoms with E-state index in [9.17, 15) is 4.79 Å². The van der Waals surface area contributed by atoms with Gasteiger partial charge in [0.2, 0.25) is 5.91 Å². The number of piperidine rings is 1. The van der Waals surface area contributed by atoms with Crippen LogP contribution in [0.3, 0.4) is 0 Å². The molecule has 0 unspecified atom stereocenters. The fraction of sp³-hybridized carbons (Fsp3) is 0.583. The molecule has 2 saturated heterocycles. The Kier molecular flexibility index (Phi) is 5.27. The van der Waals surface area contributed by atoms with Crippen LogP contribution < -0.4 is 4.74 Å². The molecule has 6 nitrogen and oxygen atoms in total. The molecule has 3 aliphatic heterocycles. The molecule has 1 spiro atoms. The number of aromatic nitrogens is 2. The van der Waals surface area contributed by atoms with E-state index in [-0.39, 0.29) is 11.5 Å². The second-order valence-corrected chi connectivity index (χ2v) is 9.31. The summed E-state index contributed by atoms with van der Waals surface area (Å²) in [6.45, 7) is 4.83. The normalized spacial score (nSPS) is 23.4. The van der Waals surface area contributed by atoms with Crippen molar-refractivity contribution in [2.45, 2.75) is 56.6 Å². The van der Waals surface area contributed by atoms with E-state index in [1.165, 1.54) is 11.1 Å². The zero-order valence-electron chi connectivity index (χ0n) is 17.9. The van der Waals surface area contributed by atoms with Crippen molar-refractivity contribution in [2.24, 2.45) is 7.05 Å². The lowest BCUT2D eigenvalue weighted by atomic mass is 9.76. The number of aryl methyl sites for hydroxylation is 1. The first-order valence-corrected chi connectivity index (χ1v) is 11.4. The van der Waals surface area contributed by atoms with Crippen LogP contribution in [0, 0.1) is 0 Å². The molecule has 3 aliphatic rings. The zero-order valence-corrected chi connectivity index (χ0v) is 17.9. The van der Waals surface area contributed by atoms with Gasteiger partial charge >= 0.3 is 0 Å². The molecule has 1 aromatic heterocycles. The van der Waals surface area contributed by atoms with Crippen LogP contribution in [0.25, 0.3) is 0 Å². The maximum Gasteiger partial charge on any atom is 0.223 e. The number of ether oxygens (including phenoxy) is 1. The van der Waals surface area contributed by atoms with Gasteiger partial charge in [0.1, 0.15) is 11.4 Å². The molecule has 1 atom stereocenters. The predicted molar refractivity (Wildman–Crippen MR) is 115 cm³/mol. The summed E-state index contributed by atoms with van der Waals surface area (Å²) in [7, 11) is 1.96. The van der Waals surface area contributed by atoms with Gasteiger partial charge in [-0.15, -0.1) is 0 Å². The lowest BCUT2D eigenvalue weighted by Crippen LogP contribution is -2.50. The fourth-order valence-electron chi connectivity index (χ4n) is 5.47. The smallest absolute Gasteiger partial charge is 0.223 e. The number of fused-ring (bicyclic) bond motifs is 1. The first-order chi connectivity index (χ1) is 14.6. The average Bonchev–Trinajstić information content (AvgIpc) is 3.42. The van der Waals surface area contributed by atoms with E-state index in [1.54, 1.807) is 0 Å². The van der Waals surface area contributed by atoms with Crippen LogP contribution in [0.2, 0.25) is 0 Å². The van der Waals surface area contributed by atoms with Crippen LogP contribution in [0.1, 0.15) is 55.6 Å². The van der Waals surface area contributed by atoms with E-state index in [1.807, 2.05) is 17.9 Å². The lowest BCUT2D eigenvalue weighted by molar-refractivity contribution is -0.131. The molecule has 1 aromatic carbocycles. The SMILES string of the molecule is Cn1cc(CN2CCC3(CC2)C[C@H](CC(=O)N2CCCC2)c2ccccc2O3)cn1. The van der Waals surface area contributed by atoms with Crippen LogP contribution >= 0.6 is 0 Å². The number of hydrogen-bond donors (Lipinski definition) is 0. The maximum absolute atomic E-state index is 12.9. The Morgan fingerprint density at radius 1 is 1.17 bits per heavy atom. The lowest BCUT2D eigenvalue weighted by Gasteiger charge is -2.47. The third-order valence-corrected chi connectivity index (χ3v) is 7.12. The van der Waals surface area contributed by atoms with E-state index in [4.69, 9.17) is 4.74 Å². The molecule has 0 saturated carbocycles. The van der Waals surface area contributed by atoms with Crippen LogP contribution in [0.15, 0.2) is 36.7 Å². The van der Waals surface area contributed by atoms with Crippen molar-refractivity contribution in [1.29, 1.82) is 0 Å². The molecule has 1 amide bonds. The van der Waals surface area contributed by atoms with Crippen molar-refractivity contribution >= 4 is 5.91 Å². The second-order valence-electron chi connectivity index (χ2n) is 9.31. The number of likely N-dealkylation sites (tertiary alicyclic amines) is 2. The largest absolute Gasteiger partial charge is 0.487 e. The molecular weight excluding hydrogens is 376 g/mol. The Morgan fingerprint density at radius 2 is 1.93 bits per heavy atom. The molecule has 30 heavy (non-hydrogen) atoms. The topological polar surface area (TPSA) is 50.6 Å². The highest BCUT2D eigenvalue weighted by molar-refractivity contribution is 5.77. The zero-order chi connectivity index (χ0) is 20.6. The van der Waals surface area contributed by atoms with E-state index in [0.717, 1.165) is 70.6 Å². The van der Waals surface area contributed by atoms with Gasteiger partial charge in [0.25, 0.3) is 0 Å². The molecule has 5 rings (SSSR count). The Balaban J connectivity index is 1.28. The molecule has 0 bridgehead atoms. The van der Waals surface area contributed by atoms with Crippen molar-refractivity contribution in [2.75, 3.05) is 26.2 Å². The van der Waals surface area contributed by atoms with Crippen LogP contribution in [-0.2, 0) is 18.4 Å². The number of rotatable bonds is 4. The summed E-state index contributed by atoms with van der Waals surface area (Å²) in [4.78, 5) is 17.5. The van der Waals surface area contributed by atoms with Gasteiger partial charge < -0.3 is 9.64 Å². The van der Waals surface area contributed by atoms with Crippen LogP contribution in [-0.4, -0.2) is 57.3 Å². The molecule has 160 valence electrons. The fourth-order valence-corrected chi connectivity index (χ4v) is 5.47. The minimum atomic E-state index is -0.143. The van der Waals surface area contributed by atoms with Gasteiger partial charge in [-0.25, -0.2) is 0 Å². The van der Waals surface area contributed by atoms with Gasteiger partial charge in [0.05, 0.1) is 6.20 Å². The first kappa shape index (κ1) is 19.6. The van der Waals surface area contributed by atoms with Crippen molar-refractivity contribution in [3.05, 3.63) is 47.8 Å². The third kappa shape index (κ3) is 3.97. The number of amides is 1. The van der Waals surface area contributed by atoms with Crippen molar-refractivity contribution in [1.82, 2.24) is 19.6 Å². The summed E-state index contributed by atoms with van der Waals surface area (Å²) in [5.74, 6) is 1.56. The molecule has 2 fully saturated rings. The van der Waals surface area contributed by atoms with Crippen molar-refractivity contribution in [3.63, 3.8) is 0 Å². The summed E-state index contributed by atoms with van der Waals surface area (Å²) in [5, 5.41) is 4.29. The molecule has 0 aliphatic carbocycles. The predicted octanol–water partition coefficient (Wildman–Crippen LogP) is 3.33. The minimum absolute atomic E-state index is 0.143. The number of para-hydroxylation sites is 1. The molecule has 0 radical (unpaired) electrons. The van der Waals surface area contributed by atoms with Gasteiger partial charge in [-0.2, -0.15) is 5.10 Å². The van der Waals surface area contributed by atoms with Gasteiger partial charge in [-0.3, -0.25) is 14.4 Å². The van der Waals surface area contributed by atoms with Gasteiger partial charge in [0.15, 0.2) is 0 Å². The Morgan fingerprint density at radius 3 is 2.67 bits per heavy atom. The van der Waals surface area contributed by atoms with Gasteiger partial charge in [-0.05, 0) is 43.7 Å². The molecule has 0 N–H and O–H groups in total. The number of benzene rings is 1. The summed E-state index contributed by atoms with van der Waals surface area (Å²) >= 11 is 0.